The first kappa shape index (κ1) is 13.1. The summed E-state index contributed by atoms with van der Waals surface area (Å²) in [6, 6.07) is 2.16. The van der Waals surface area contributed by atoms with Crippen LogP contribution in [0.25, 0.3) is 0 Å². The molecule has 5 nitrogen and oxygen atoms in total. The van der Waals surface area contributed by atoms with Crippen molar-refractivity contribution in [2.24, 2.45) is 0 Å². The van der Waals surface area contributed by atoms with Crippen molar-refractivity contribution >= 4 is 5.91 Å². The van der Waals surface area contributed by atoms with Crippen molar-refractivity contribution in [1.82, 2.24) is 15.4 Å². The maximum absolute atomic E-state index is 12.3. The summed E-state index contributed by atoms with van der Waals surface area (Å²) < 4.78 is 5.03. The van der Waals surface area contributed by atoms with Crippen LogP contribution in [0.4, 0.5) is 0 Å². The summed E-state index contributed by atoms with van der Waals surface area (Å²) in [6.45, 7) is 7.34. The second-order valence-electron chi connectivity index (χ2n) is 5.20. The highest BCUT2D eigenvalue weighted by atomic mass is 16.5. The Morgan fingerprint density at radius 1 is 1.61 bits per heavy atom. The third-order valence-electron chi connectivity index (χ3n) is 3.09. The maximum Gasteiger partial charge on any atom is 0.240 e. The predicted molar refractivity (Wildman–Crippen MR) is 68.0 cm³/mol. The number of likely N-dealkylation sites (tertiary alicyclic amines) is 1. The van der Waals surface area contributed by atoms with Crippen LogP contribution in [0.3, 0.4) is 0 Å². The van der Waals surface area contributed by atoms with E-state index in [1.807, 2.05) is 17.9 Å². The first-order chi connectivity index (χ1) is 8.56. The molecule has 1 amide bonds. The Balaban J connectivity index is 1.98. The van der Waals surface area contributed by atoms with Gasteiger partial charge < -0.3 is 14.7 Å². The van der Waals surface area contributed by atoms with Gasteiger partial charge in [0, 0.05) is 18.7 Å². The molecule has 0 bridgehead atoms. The monoisotopic (exact) mass is 251 g/mol. The van der Waals surface area contributed by atoms with Crippen LogP contribution in [0.1, 0.15) is 38.1 Å². The Morgan fingerprint density at radius 2 is 2.39 bits per heavy atom. The summed E-state index contributed by atoms with van der Waals surface area (Å²) in [5.74, 6) is 0.960. The first-order valence-corrected chi connectivity index (χ1v) is 6.53. The minimum atomic E-state index is -0.0493. The number of hydrogen-bond donors (Lipinski definition) is 1. The van der Waals surface area contributed by atoms with E-state index in [1.165, 1.54) is 0 Å². The van der Waals surface area contributed by atoms with E-state index in [0.717, 1.165) is 30.8 Å². The van der Waals surface area contributed by atoms with Gasteiger partial charge in [0.2, 0.25) is 5.91 Å². The molecule has 1 saturated heterocycles. The molecule has 1 unspecified atom stereocenters. The highest BCUT2D eigenvalue weighted by Gasteiger charge is 2.29. The van der Waals surface area contributed by atoms with Crippen molar-refractivity contribution in [3.05, 3.63) is 17.5 Å². The molecule has 0 saturated carbocycles. The lowest BCUT2D eigenvalue weighted by atomic mass is 10.0. The molecule has 2 heterocycles. The van der Waals surface area contributed by atoms with Gasteiger partial charge >= 0.3 is 0 Å². The molecular formula is C13H21N3O2. The Morgan fingerprint density at radius 3 is 3.00 bits per heavy atom. The van der Waals surface area contributed by atoms with Crippen LogP contribution in [-0.2, 0) is 11.3 Å². The molecule has 0 spiro atoms. The molecule has 18 heavy (non-hydrogen) atoms. The van der Waals surface area contributed by atoms with Crippen LogP contribution in [0, 0.1) is 6.92 Å². The van der Waals surface area contributed by atoms with Crippen molar-refractivity contribution in [3.8, 4) is 0 Å². The maximum atomic E-state index is 12.3. The fourth-order valence-electron chi connectivity index (χ4n) is 2.34. The van der Waals surface area contributed by atoms with Crippen LogP contribution in [0.15, 0.2) is 10.6 Å². The summed E-state index contributed by atoms with van der Waals surface area (Å²) in [7, 11) is 0. The lowest BCUT2D eigenvalue weighted by molar-refractivity contribution is -0.136. The zero-order valence-electron chi connectivity index (χ0n) is 11.3. The minimum absolute atomic E-state index is 0.0493. The molecule has 2 rings (SSSR count). The van der Waals surface area contributed by atoms with Crippen molar-refractivity contribution < 1.29 is 9.32 Å². The highest BCUT2D eigenvalue weighted by Crippen LogP contribution is 2.15. The lowest BCUT2D eigenvalue weighted by Gasteiger charge is -2.33. The summed E-state index contributed by atoms with van der Waals surface area (Å²) in [4.78, 5) is 14.1. The number of rotatable bonds is 4. The number of aryl methyl sites for hydroxylation is 1. The topological polar surface area (TPSA) is 58.4 Å². The second kappa shape index (κ2) is 5.52. The average molecular weight is 251 g/mol. The van der Waals surface area contributed by atoms with Gasteiger partial charge in [0.05, 0.1) is 12.6 Å². The largest absolute Gasteiger partial charge is 0.361 e. The summed E-state index contributed by atoms with van der Waals surface area (Å²) in [5.41, 5.74) is 0.825. The number of carbonyl (C=O) groups excluding carboxylic acids is 1. The van der Waals surface area contributed by atoms with E-state index < -0.39 is 0 Å². The zero-order valence-corrected chi connectivity index (χ0v) is 11.3. The molecule has 1 aliphatic rings. The van der Waals surface area contributed by atoms with Crippen LogP contribution < -0.4 is 5.32 Å². The van der Waals surface area contributed by atoms with E-state index in [-0.39, 0.29) is 11.9 Å². The molecule has 1 atom stereocenters. The van der Waals surface area contributed by atoms with Crippen molar-refractivity contribution in [2.45, 2.75) is 52.2 Å². The smallest absolute Gasteiger partial charge is 0.240 e. The number of hydrogen-bond acceptors (Lipinski definition) is 4. The number of carbonyl (C=O) groups is 1. The number of nitrogens with one attached hydrogen (secondary N) is 1. The standard InChI is InChI=1S/C13H21N3O2/c1-9(2)14-12-5-4-6-16(13(12)17)8-11-7-10(3)18-15-11/h7,9,12,14H,4-6,8H2,1-3H3. The van der Waals surface area contributed by atoms with E-state index in [4.69, 9.17) is 4.52 Å². The van der Waals surface area contributed by atoms with E-state index in [1.54, 1.807) is 0 Å². The third kappa shape index (κ3) is 3.10. The van der Waals surface area contributed by atoms with Gasteiger partial charge in [-0.25, -0.2) is 0 Å². The molecule has 0 aliphatic carbocycles. The summed E-state index contributed by atoms with van der Waals surface area (Å²) >= 11 is 0. The molecule has 5 heteroatoms. The van der Waals surface area contributed by atoms with Gasteiger partial charge in [0.15, 0.2) is 0 Å². The van der Waals surface area contributed by atoms with E-state index >= 15 is 0 Å². The van der Waals surface area contributed by atoms with E-state index in [9.17, 15) is 4.79 Å². The zero-order chi connectivity index (χ0) is 13.1. The molecule has 0 aromatic carbocycles. The lowest BCUT2D eigenvalue weighted by Crippen LogP contribution is -2.52. The fraction of sp³-hybridized carbons (Fsp3) is 0.692. The molecular weight excluding hydrogens is 230 g/mol. The van der Waals surface area contributed by atoms with Crippen molar-refractivity contribution in [3.63, 3.8) is 0 Å². The molecule has 1 fully saturated rings. The Hall–Kier alpha value is -1.36. The van der Waals surface area contributed by atoms with Crippen molar-refractivity contribution in [2.75, 3.05) is 6.54 Å². The minimum Gasteiger partial charge on any atom is -0.361 e. The molecule has 1 aliphatic heterocycles. The van der Waals surface area contributed by atoms with Crippen LogP contribution in [0.2, 0.25) is 0 Å². The molecule has 0 radical (unpaired) electrons. The van der Waals surface area contributed by atoms with Crippen molar-refractivity contribution in [1.29, 1.82) is 0 Å². The normalized spacial score (nSPS) is 20.8. The number of piperidine rings is 1. The summed E-state index contributed by atoms with van der Waals surface area (Å²) in [5, 5.41) is 7.26. The van der Waals surface area contributed by atoms with E-state index in [2.05, 4.69) is 24.3 Å². The fourth-order valence-corrected chi connectivity index (χ4v) is 2.34. The Kier molecular flexibility index (Phi) is 4.01. The van der Waals surface area contributed by atoms with Gasteiger partial charge in [-0.15, -0.1) is 0 Å². The molecule has 100 valence electrons. The van der Waals surface area contributed by atoms with Gasteiger partial charge in [0.1, 0.15) is 11.5 Å². The quantitative estimate of drug-likeness (QED) is 0.880. The molecule has 1 aromatic heterocycles. The number of aromatic nitrogens is 1. The van der Waals surface area contributed by atoms with Gasteiger partial charge in [-0.1, -0.05) is 19.0 Å². The Bertz CT molecular complexity index is 414. The highest BCUT2D eigenvalue weighted by molar-refractivity contribution is 5.82. The average Bonchev–Trinajstić information content (AvgIpc) is 2.69. The Labute approximate surface area is 108 Å². The van der Waals surface area contributed by atoms with Crippen LogP contribution in [-0.4, -0.2) is 34.6 Å². The number of nitrogens with zero attached hydrogens (tertiary/aromatic N) is 2. The van der Waals surface area contributed by atoms with Crippen LogP contribution >= 0.6 is 0 Å². The van der Waals surface area contributed by atoms with E-state index in [0.29, 0.717) is 12.6 Å². The second-order valence-corrected chi connectivity index (χ2v) is 5.20. The van der Waals surface area contributed by atoms with Gasteiger partial charge in [-0.3, -0.25) is 4.79 Å². The number of amides is 1. The summed E-state index contributed by atoms with van der Waals surface area (Å²) in [6.07, 6.45) is 1.96. The van der Waals surface area contributed by atoms with Gasteiger partial charge in [0.25, 0.3) is 0 Å². The van der Waals surface area contributed by atoms with Crippen LogP contribution in [0.5, 0.6) is 0 Å². The molecule has 1 N–H and O–H groups in total. The third-order valence-corrected chi connectivity index (χ3v) is 3.09. The van der Waals surface area contributed by atoms with Gasteiger partial charge in [-0.2, -0.15) is 0 Å². The molecule has 1 aromatic rings. The van der Waals surface area contributed by atoms with Gasteiger partial charge in [-0.05, 0) is 19.8 Å². The first-order valence-electron chi connectivity index (χ1n) is 6.53. The predicted octanol–water partition coefficient (Wildman–Crippen LogP) is 1.47. The SMILES string of the molecule is Cc1cc(CN2CCCC(NC(C)C)C2=O)no1.